The van der Waals surface area contributed by atoms with E-state index in [0.29, 0.717) is 17.6 Å². The molecule has 0 aromatic heterocycles. The quantitative estimate of drug-likeness (QED) is 0.644. The van der Waals surface area contributed by atoms with Crippen molar-refractivity contribution in [2.24, 2.45) is 5.92 Å². The van der Waals surface area contributed by atoms with E-state index in [1.807, 2.05) is 27.7 Å². The molecule has 0 bridgehead atoms. The number of hydrogen-bond donors (Lipinski definition) is 1. The zero-order valence-corrected chi connectivity index (χ0v) is 15.7. The first-order valence-electron chi connectivity index (χ1n) is 7.45. The fourth-order valence-electron chi connectivity index (χ4n) is 1.55. The van der Waals surface area contributed by atoms with Gasteiger partial charge in [0, 0.05) is 20.0 Å². The van der Waals surface area contributed by atoms with Gasteiger partial charge in [-0.25, -0.2) is 13.1 Å². The average Bonchev–Trinajstić information content (AvgIpc) is 2.38. The fraction of sp³-hybridized carbons (Fsp3) is 0.857. The Hall–Kier alpha value is -0.600. The molecule has 6 nitrogen and oxygen atoms in total. The van der Waals surface area contributed by atoms with E-state index in [2.05, 4.69) is 4.72 Å². The molecule has 22 heavy (non-hydrogen) atoms. The number of sulfonamides is 1. The first kappa shape index (κ1) is 21.4. The molecule has 0 saturated carbocycles. The van der Waals surface area contributed by atoms with Gasteiger partial charge in [-0.1, -0.05) is 27.7 Å². The predicted molar refractivity (Wildman–Crippen MR) is 91.2 cm³/mol. The van der Waals surface area contributed by atoms with Gasteiger partial charge in [0.15, 0.2) is 0 Å². The van der Waals surface area contributed by atoms with Crippen molar-refractivity contribution in [1.82, 2.24) is 9.62 Å². The molecule has 0 aliphatic carbocycles. The van der Waals surface area contributed by atoms with E-state index in [1.54, 1.807) is 0 Å². The maximum atomic E-state index is 12.0. The minimum Gasteiger partial charge on any atom is -0.281 e. The van der Waals surface area contributed by atoms with Gasteiger partial charge in [0.2, 0.25) is 21.8 Å². The summed E-state index contributed by atoms with van der Waals surface area (Å²) in [6, 6.07) is 0. The van der Waals surface area contributed by atoms with E-state index >= 15 is 0 Å². The van der Waals surface area contributed by atoms with Gasteiger partial charge in [0.05, 0.1) is 11.5 Å². The third kappa shape index (κ3) is 10.2. The highest BCUT2D eigenvalue weighted by atomic mass is 32.2. The van der Waals surface area contributed by atoms with Crippen molar-refractivity contribution in [3.8, 4) is 0 Å². The Balaban J connectivity index is 4.37. The number of nitrogens with zero attached hydrogens (tertiary/aromatic N) is 1. The first-order valence-corrected chi connectivity index (χ1v) is 10.1. The average molecular weight is 353 g/mol. The van der Waals surface area contributed by atoms with Crippen molar-refractivity contribution in [2.45, 2.75) is 46.3 Å². The number of imide groups is 1. The minimum absolute atomic E-state index is 0.0537. The molecule has 2 amide bonds. The molecular formula is C14H28N2O4S2. The molecular weight excluding hydrogens is 324 g/mol. The van der Waals surface area contributed by atoms with E-state index < -0.39 is 10.0 Å². The summed E-state index contributed by atoms with van der Waals surface area (Å²) in [5, 5.41) is 0.298. The van der Waals surface area contributed by atoms with E-state index in [1.165, 1.54) is 18.7 Å². The molecule has 130 valence electrons. The summed E-state index contributed by atoms with van der Waals surface area (Å²) in [7, 11) is -3.35. The number of nitrogens with one attached hydrogen (secondary N) is 1. The summed E-state index contributed by atoms with van der Waals surface area (Å²) in [5.41, 5.74) is 0. The Morgan fingerprint density at radius 2 is 1.77 bits per heavy atom. The standard InChI is InChI=1S/C14H28N2O4S2/c1-11(2)6-9-22(19,20)15-7-8-16(13(5)17)14(18)10-21-12(3)4/h11-12,15H,6-10H2,1-5H3. The summed E-state index contributed by atoms with van der Waals surface area (Å²) >= 11 is 1.45. The highest BCUT2D eigenvalue weighted by molar-refractivity contribution is 8.00. The lowest BCUT2D eigenvalue weighted by molar-refractivity contribution is -0.141. The van der Waals surface area contributed by atoms with E-state index in [0.717, 1.165) is 4.90 Å². The molecule has 0 aliphatic heterocycles. The molecule has 0 saturated heterocycles. The third-order valence-corrected chi connectivity index (χ3v) is 5.34. The van der Waals surface area contributed by atoms with Crippen molar-refractivity contribution in [3.05, 3.63) is 0 Å². The molecule has 0 heterocycles. The van der Waals surface area contributed by atoms with Gasteiger partial charge in [-0.05, 0) is 17.6 Å². The van der Waals surface area contributed by atoms with E-state index in [9.17, 15) is 18.0 Å². The maximum Gasteiger partial charge on any atom is 0.239 e. The van der Waals surface area contributed by atoms with E-state index in [-0.39, 0.29) is 36.4 Å². The molecule has 0 spiro atoms. The number of thioether (sulfide) groups is 1. The van der Waals surface area contributed by atoms with Crippen LogP contribution in [-0.2, 0) is 19.6 Å². The molecule has 0 aliphatic rings. The van der Waals surface area contributed by atoms with Gasteiger partial charge >= 0.3 is 0 Å². The molecule has 1 N–H and O–H groups in total. The Bertz CT molecular complexity index is 461. The van der Waals surface area contributed by atoms with Crippen molar-refractivity contribution < 1.29 is 18.0 Å². The lowest BCUT2D eigenvalue weighted by Crippen LogP contribution is -2.42. The third-order valence-electron chi connectivity index (χ3n) is 2.84. The Kier molecular flexibility index (Phi) is 9.95. The smallest absolute Gasteiger partial charge is 0.239 e. The van der Waals surface area contributed by atoms with Crippen LogP contribution in [-0.4, -0.2) is 55.0 Å². The first-order chi connectivity index (χ1) is 10.0. The number of hydrogen-bond acceptors (Lipinski definition) is 5. The summed E-state index contributed by atoms with van der Waals surface area (Å²) in [4.78, 5) is 24.6. The monoisotopic (exact) mass is 352 g/mol. The number of rotatable bonds is 10. The SMILES string of the molecule is CC(=O)N(CCNS(=O)(=O)CCC(C)C)C(=O)CSC(C)C. The van der Waals surface area contributed by atoms with Crippen LogP contribution in [0.3, 0.4) is 0 Å². The number of carbonyl (C=O) groups excluding carboxylic acids is 2. The van der Waals surface area contributed by atoms with Crippen molar-refractivity contribution in [2.75, 3.05) is 24.6 Å². The van der Waals surface area contributed by atoms with Crippen LogP contribution in [0.5, 0.6) is 0 Å². The van der Waals surface area contributed by atoms with Gasteiger partial charge in [-0.2, -0.15) is 0 Å². The van der Waals surface area contributed by atoms with Crippen LogP contribution in [0.15, 0.2) is 0 Å². The van der Waals surface area contributed by atoms with Gasteiger partial charge in [0.25, 0.3) is 0 Å². The highest BCUT2D eigenvalue weighted by Crippen LogP contribution is 2.10. The Morgan fingerprint density at radius 3 is 2.23 bits per heavy atom. The second kappa shape index (κ2) is 10.2. The second-order valence-corrected chi connectivity index (χ2v) is 9.31. The van der Waals surface area contributed by atoms with Gasteiger partial charge in [0.1, 0.15) is 0 Å². The minimum atomic E-state index is -3.35. The summed E-state index contributed by atoms with van der Waals surface area (Å²) in [6.07, 6.45) is 0.579. The van der Waals surface area contributed by atoms with Gasteiger partial charge in [-0.3, -0.25) is 14.5 Å². The molecule has 0 fully saturated rings. The number of carbonyl (C=O) groups is 2. The van der Waals surface area contributed by atoms with Gasteiger partial charge in [-0.15, -0.1) is 11.8 Å². The van der Waals surface area contributed by atoms with Crippen molar-refractivity contribution in [1.29, 1.82) is 0 Å². The zero-order valence-electron chi connectivity index (χ0n) is 14.1. The Labute approximate surface area is 138 Å². The number of amides is 2. The molecule has 0 aromatic rings. The van der Waals surface area contributed by atoms with Crippen LogP contribution in [0.1, 0.15) is 41.0 Å². The van der Waals surface area contributed by atoms with Crippen LogP contribution in [0, 0.1) is 5.92 Å². The molecule has 0 atom stereocenters. The highest BCUT2D eigenvalue weighted by Gasteiger charge is 2.19. The van der Waals surface area contributed by atoms with Gasteiger partial charge < -0.3 is 0 Å². The molecule has 0 rings (SSSR count). The molecule has 0 unspecified atom stereocenters. The lowest BCUT2D eigenvalue weighted by atomic mass is 10.2. The zero-order chi connectivity index (χ0) is 17.3. The molecule has 0 aromatic carbocycles. The van der Waals surface area contributed by atoms with E-state index in [4.69, 9.17) is 0 Å². The predicted octanol–water partition coefficient (Wildman–Crippen LogP) is 1.47. The fourth-order valence-corrected chi connectivity index (χ4v) is 3.51. The van der Waals surface area contributed by atoms with Crippen molar-refractivity contribution >= 4 is 33.6 Å². The summed E-state index contributed by atoms with van der Waals surface area (Å²) < 4.78 is 26.0. The lowest BCUT2D eigenvalue weighted by Gasteiger charge is -2.19. The summed E-state index contributed by atoms with van der Waals surface area (Å²) in [5.74, 6) is -0.0672. The Morgan fingerprint density at radius 1 is 1.18 bits per heavy atom. The topological polar surface area (TPSA) is 83.6 Å². The van der Waals surface area contributed by atoms with Crippen LogP contribution in [0.25, 0.3) is 0 Å². The van der Waals surface area contributed by atoms with Crippen molar-refractivity contribution in [3.63, 3.8) is 0 Å². The maximum absolute atomic E-state index is 12.0. The van der Waals surface area contributed by atoms with Crippen LogP contribution in [0.2, 0.25) is 0 Å². The van der Waals surface area contributed by atoms with Crippen LogP contribution in [0.4, 0.5) is 0 Å². The van der Waals surface area contributed by atoms with Crippen LogP contribution < -0.4 is 4.72 Å². The second-order valence-electron chi connectivity index (χ2n) is 5.82. The molecule has 8 heteroatoms. The van der Waals surface area contributed by atoms with Crippen LogP contribution >= 0.6 is 11.8 Å². The largest absolute Gasteiger partial charge is 0.281 e. The normalized spacial score (nSPS) is 12.0. The molecule has 0 radical (unpaired) electrons. The summed E-state index contributed by atoms with van der Waals surface area (Å²) in [6.45, 7) is 9.28.